The largest absolute Gasteiger partial charge is 0.507 e. The minimum Gasteiger partial charge on any atom is -0.507 e. The Kier molecular flexibility index (Phi) is 5.90. The van der Waals surface area contributed by atoms with E-state index in [1.54, 1.807) is 36.4 Å². The highest BCUT2D eigenvalue weighted by Gasteiger charge is 2.21. The quantitative estimate of drug-likeness (QED) is 0.484. The second kappa shape index (κ2) is 8.53. The fraction of sp³-hybridized carbons (Fsp3) is 0.136. The number of carbonyl (C=O) groups is 2. The first-order valence-corrected chi connectivity index (χ1v) is 8.92. The molecule has 2 aromatic carbocycles. The van der Waals surface area contributed by atoms with Crippen LogP contribution < -0.4 is 0 Å². The number of benzene rings is 2. The van der Waals surface area contributed by atoms with Crippen LogP contribution in [0.25, 0.3) is 22.4 Å². The van der Waals surface area contributed by atoms with Crippen molar-refractivity contribution in [1.82, 2.24) is 4.98 Å². The molecule has 0 aliphatic carbocycles. The van der Waals surface area contributed by atoms with Gasteiger partial charge < -0.3 is 20.4 Å². The molecule has 7 nitrogen and oxygen atoms in total. The van der Waals surface area contributed by atoms with Gasteiger partial charge in [-0.25, -0.2) is 14.6 Å². The Morgan fingerprint density at radius 1 is 0.897 bits per heavy atom. The van der Waals surface area contributed by atoms with Gasteiger partial charge in [-0.15, -0.1) is 0 Å². The van der Waals surface area contributed by atoms with Crippen LogP contribution in [0, 0.1) is 0 Å². The zero-order valence-electron chi connectivity index (χ0n) is 15.4. The molecule has 4 N–H and O–H groups in total. The summed E-state index contributed by atoms with van der Waals surface area (Å²) in [7, 11) is 0. The lowest BCUT2D eigenvalue weighted by Gasteiger charge is -2.15. The number of aliphatic hydroxyl groups is 1. The standard InChI is InChI=1S/C22H19NO6/c24-11-3-4-15-12-17(16-5-1-2-6-18(16)25)20(22(28)29)23-19(15)13-7-9-14(10-8-13)21(26)27/h1-2,5-10,12,24-25H,3-4,11H2,(H,26,27)(H,28,29). The van der Waals surface area contributed by atoms with E-state index in [0.29, 0.717) is 35.2 Å². The molecule has 3 aromatic rings. The van der Waals surface area contributed by atoms with Crippen LogP contribution in [0.5, 0.6) is 5.75 Å². The van der Waals surface area contributed by atoms with Gasteiger partial charge >= 0.3 is 11.9 Å². The number of carboxylic acid groups (broad SMARTS) is 2. The molecule has 0 unspecified atom stereocenters. The molecule has 0 atom stereocenters. The van der Waals surface area contributed by atoms with Gasteiger partial charge in [0.1, 0.15) is 5.75 Å². The topological polar surface area (TPSA) is 128 Å². The number of aromatic nitrogens is 1. The normalized spacial score (nSPS) is 10.7. The van der Waals surface area contributed by atoms with Crippen molar-refractivity contribution in [3.05, 3.63) is 71.4 Å². The monoisotopic (exact) mass is 393 g/mol. The molecular weight excluding hydrogens is 374 g/mol. The van der Waals surface area contributed by atoms with Gasteiger partial charge in [0.15, 0.2) is 5.69 Å². The summed E-state index contributed by atoms with van der Waals surface area (Å²) in [5, 5.41) is 38.2. The lowest BCUT2D eigenvalue weighted by Crippen LogP contribution is -2.08. The van der Waals surface area contributed by atoms with Crippen LogP contribution in [0.4, 0.5) is 0 Å². The van der Waals surface area contributed by atoms with Crippen LogP contribution in [-0.2, 0) is 6.42 Å². The summed E-state index contributed by atoms with van der Waals surface area (Å²) in [5.41, 5.74) is 2.14. The molecule has 1 aromatic heterocycles. The van der Waals surface area contributed by atoms with Crippen molar-refractivity contribution in [1.29, 1.82) is 0 Å². The highest BCUT2D eigenvalue weighted by molar-refractivity contribution is 5.96. The number of aromatic hydroxyl groups is 1. The van der Waals surface area contributed by atoms with Crippen molar-refractivity contribution in [3.63, 3.8) is 0 Å². The summed E-state index contributed by atoms with van der Waals surface area (Å²) >= 11 is 0. The highest BCUT2D eigenvalue weighted by Crippen LogP contribution is 2.35. The molecule has 0 fully saturated rings. The molecule has 0 saturated heterocycles. The molecule has 0 radical (unpaired) electrons. The molecule has 148 valence electrons. The second-order valence-corrected chi connectivity index (χ2v) is 6.42. The Hall–Kier alpha value is -3.71. The molecule has 0 amide bonds. The Labute approximate surface area is 166 Å². The zero-order valence-corrected chi connectivity index (χ0v) is 15.4. The van der Waals surface area contributed by atoms with Crippen molar-refractivity contribution in [3.8, 4) is 28.1 Å². The second-order valence-electron chi connectivity index (χ2n) is 6.42. The van der Waals surface area contributed by atoms with E-state index in [9.17, 15) is 24.9 Å². The van der Waals surface area contributed by atoms with E-state index < -0.39 is 11.9 Å². The molecule has 0 bridgehead atoms. The van der Waals surface area contributed by atoms with Gasteiger partial charge in [0.25, 0.3) is 0 Å². The molecule has 0 spiro atoms. The van der Waals surface area contributed by atoms with Crippen LogP contribution in [0.3, 0.4) is 0 Å². The lowest BCUT2D eigenvalue weighted by molar-refractivity contribution is 0.0683. The number of para-hydroxylation sites is 1. The van der Waals surface area contributed by atoms with E-state index in [1.807, 2.05) is 0 Å². The first kappa shape index (κ1) is 20.0. The SMILES string of the molecule is O=C(O)c1ccc(-c2nc(C(=O)O)c(-c3ccccc3O)cc2CCCO)cc1. The Balaban J connectivity index is 2.22. The molecular formula is C22H19NO6. The predicted molar refractivity (Wildman–Crippen MR) is 106 cm³/mol. The minimum absolute atomic E-state index is 0.0516. The summed E-state index contributed by atoms with van der Waals surface area (Å²) in [6.45, 7) is -0.0516. The lowest BCUT2D eigenvalue weighted by atomic mass is 9.94. The number of pyridine rings is 1. The fourth-order valence-electron chi connectivity index (χ4n) is 3.11. The van der Waals surface area contributed by atoms with Crippen molar-refractivity contribution in [2.75, 3.05) is 6.61 Å². The summed E-state index contributed by atoms with van der Waals surface area (Å²) in [6, 6.07) is 14.0. The van der Waals surface area contributed by atoms with Crippen molar-refractivity contribution in [2.45, 2.75) is 12.8 Å². The zero-order chi connectivity index (χ0) is 21.0. The molecule has 0 aliphatic heterocycles. The van der Waals surface area contributed by atoms with Gasteiger partial charge in [0.2, 0.25) is 0 Å². The summed E-state index contributed by atoms with van der Waals surface area (Å²) in [4.78, 5) is 27.3. The van der Waals surface area contributed by atoms with Crippen molar-refractivity contribution in [2.24, 2.45) is 0 Å². The minimum atomic E-state index is -1.25. The third-order valence-electron chi connectivity index (χ3n) is 4.51. The third-order valence-corrected chi connectivity index (χ3v) is 4.51. The van der Waals surface area contributed by atoms with Crippen LogP contribution >= 0.6 is 0 Å². The first-order valence-electron chi connectivity index (χ1n) is 8.92. The fourth-order valence-corrected chi connectivity index (χ4v) is 3.11. The maximum Gasteiger partial charge on any atom is 0.355 e. The predicted octanol–water partition coefficient (Wildman–Crippen LogP) is 3.44. The number of aromatic carboxylic acids is 2. The van der Waals surface area contributed by atoms with Crippen LogP contribution in [0.15, 0.2) is 54.6 Å². The van der Waals surface area contributed by atoms with Gasteiger partial charge in [0, 0.05) is 23.3 Å². The first-order chi connectivity index (χ1) is 13.9. The Morgan fingerprint density at radius 3 is 2.17 bits per heavy atom. The molecule has 7 heteroatoms. The number of nitrogens with zero attached hydrogens (tertiary/aromatic N) is 1. The van der Waals surface area contributed by atoms with Gasteiger partial charge in [-0.2, -0.15) is 0 Å². The van der Waals surface area contributed by atoms with Crippen LogP contribution in [0.2, 0.25) is 0 Å². The smallest absolute Gasteiger partial charge is 0.355 e. The number of phenolic OH excluding ortho intramolecular Hbond substituents is 1. The summed E-state index contributed by atoms with van der Waals surface area (Å²) < 4.78 is 0. The van der Waals surface area contributed by atoms with E-state index >= 15 is 0 Å². The van der Waals surface area contributed by atoms with Gasteiger partial charge in [0.05, 0.1) is 11.3 Å². The van der Waals surface area contributed by atoms with Gasteiger partial charge in [-0.1, -0.05) is 30.3 Å². The highest BCUT2D eigenvalue weighted by atomic mass is 16.4. The number of aliphatic hydroxyl groups excluding tert-OH is 1. The molecule has 0 aliphatic rings. The Morgan fingerprint density at radius 2 is 1.59 bits per heavy atom. The number of phenols is 1. The third kappa shape index (κ3) is 4.25. The maximum absolute atomic E-state index is 11.9. The van der Waals surface area contributed by atoms with E-state index in [4.69, 9.17) is 5.11 Å². The number of hydrogen-bond acceptors (Lipinski definition) is 5. The maximum atomic E-state index is 11.9. The molecule has 1 heterocycles. The molecule has 29 heavy (non-hydrogen) atoms. The van der Waals surface area contributed by atoms with Crippen LogP contribution in [0.1, 0.15) is 32.8 Å². The molecule has 0 saturated carbocycles. The van der Waals surface area contributed by atoms with Crippen molar-refractivity contribution < 1.29 is 30.0 Å². The number of rotatable bonds is 7. The van der Waals surface area contributed by atoms with E-state index in [1.165, 1.54) is 18.2 Å². The summed E-state index contributed by atoms with van der Waals surface area (Å²) in [5.74, 6) is -2.38. The van der Waals surface area contributed by atoms with Gasteiger partial charge in [-0.3, -0.25) is 0 Å². The average molecular weight is 393 g/mol. The van der Waals surface area contributed by atoms with Crippen molar-refractivity contribution >= 4 is 11.9 Å². The van der Waals surface area contributed by atoms with E-state index in [0.717, 1.165) is 0 Å². The number of carboxylic acids is 2. The van der Waals surface area contributed by atoms with E-state index in [-0.39, 0.29) is 29.2 Å². The van der Waals surface area contributed by atoms with Crippen LogP contribution in [-0.4, -0.2) is 44.0 Å². The Bertz CT molecular complexity index is 1060. The number of aryl methyl sites for hydroxylation is 1. The van der Waals surface area contributed by atoms with E-state index in [2.05, 4.69) is 4.98 Å². The number of hydrogen-bond donors (Lipinski definition) is 4. The van der Waals surface area contributed by atoms with Gasteiger partial charge in [-0.05, 0) is 42.7 Å². The average Bonchev–Trinajstić information content (AvgIpc) is 2.72. The summed E-state index contributed by atoms with van der Waals surface area (Å²) in [6.07, 6.45) is 0.870. The molecule has 3 rings (SSSR count).